The van der Waals surface area contributed by atoms with Crippen LogP contribution in [0.1, 0.15) is 10.4 Å². The van der Waals surface area contributed by atoms with Gasteiger partial charge in [0.2, 0.25) is 0 Å². The van der Waals surface area contributed by atoms with Crippen LogP contribution in [-0.4, -0.2) is 14.3 Å². The number of sulfonamides is 1. The number of hydrogen-bond acceptors (Lipinski definition) is 3. The van der Waals surface area contributed by atoms with Crippen LogP contribution in [0.4, 0.5) is 28.9 Å². The van der Waals surface area contributed by atoms with Crippen LogP contribution >= 0.6 is 0 Å². The zero-order chi connectivity index (χ0) is 21.2. The molecule has 3 rings (SSSR count). The van der Waals surface area contributed by atoms with Crippen molar-refractivity contribution in [3.63, 3.8) is 0 Å². The van der Waals surface area contributed by atoms with Crippen LogP contribution in [0.25, 0.3) is 0 Å². The second kappa shape index (κ2) is 7.92. The van der Waals surface area contributed by atoms with Crippen LogP contribution < -0.4 is 10.0 Å². The number of anilines is 2. The SMILES string of the molecule is O=C(Nc1ccc(S(=O)(=O)Nc2ccc(F)cc2F)cc1F)c1ccccc1F. The number of benzene rings is 3. The van der Waals surface area contributed by atoms with Crippen LogP contribution in [0.3, 0.4) is 0 Å². The highest BCUT2D eigenvalue weighted by Crippen LogP contribution is 2.24. The molecule has 0 bridgehead atoms. The van der Waals surface area contributed by atoms with Gasteiger partial charge >= 0.3 is 0 Å². The van der Waals surface area contributed by atoms with Gasteiger partial charge in [-0.05, 0) is 42.5 Å². The van der Waals surface area contributed by atoms with Gasteiger partial charge in [-0.1, -0.05) is 12.1 Å². The molecule has 0 saturated heterocycles. The minimum absolute atomic E-state index is 0.322. The maximum atomic E-state index is 14.3. The normalized spacial score (nSPS) is 11.2. The largest absolute Gasteiger partial charge is 0.319 e. The lowest BCUT2D eigenvalue weighted by Crippen LogP contribution is -2.16. The Morgan fingerprint density at radius 3 is 2.07 bits per heavy atom. The molecular formula is C19H12F4N2O3S. The summed E-state index contributed by atoms with van der Waals surface area (Å²) in [5, 5.41) is 2.14. The third-order valence-corrected chi connectivity index (χ3v) is 5.16. The molecule has 3 aromatic carbocycles. The number of halogens is 4. The molecule has 10 heteroatoms. The van der Waals surface area contributed by atoms with Gasteiger partial charge in [0.25, 0.3) is 15.9 Å². The molecule has 0 aromatic heterocycles. The fourth-order valence-electron chi connectivity index (χ4n) is 2.38. The van der Waals surface area contributed by atoms with Crippen LogP contribution in [0.15, 0.2) is 65.6 Å². The van der Waals surface area contributed by atoms with E-state index in [-0.39, 0.29) is 11.3 Å². The number of carbonyl (C=O) groups excluding carboxylic acids is 1. The first-order valence-electron chi connectivity index (χ1n) is 8.01. The molecule has 5 nitrogen and oxygen atoms in total. The number of nitrogens with one attached hydrogen (secondary N) is 2. The van der Waals surface area contributed by atoms with E-state index in [9.17, 15) is 30.8 Å². The van der Waals surface area contributed by atoms with Crippen molar-refractivity contribution in [2.75, 3.05) is 10.0 Å². The molecule has 150 valence electrons. The van der Waals surface area contributed by atoms with Crippen molar-refractivity contribution in [2.24, 2.45) is 0 Å². The summed E-state index contributed by atoms with van der Waals surface area (Å²) >= 11 is 0. The minimum atomic E-state index is -4.40. The first kappa shape index (κ1) is 20.3. The van der Waals surface area contributed by atoms with Gasteiger partial charge in [0.1, 0.15) is 23.3 Å². The van der Waals surface area contributed by atoms with Gasteiger partial charge < -0.3 is 5.32 Å². The Balaban J connectivity index is 1.83. The highest BCUT2D eigenvalue weighted by atomic mass is 32.2. The topological polar surface area (TPSA) is 75.3 Å². The third kappa shape index (κ3) is 4.54. The fourth-order valence-corrected chi connectivity index (χ4v) is 3.45. The third-order valence-electron chi connectivity index (χ3n) is 3.79. The molecule has 0 radical (unpaired) electrons. The van der Waals surface area contributed by atoms with Crippen molar-refractivity contribution in [1.82, 2.24) is 0 Å². The Morgan fingerprint density at radius 2 is 1.41 bits per heavy atom. The molecular weight excluding hydrogens is 412 g/mol. The molecule has 29 heavy (non-hydrogen) atoms. The van der Waals surface area contributed by atoms with Crippen LogP contribution in [0.5, 0.6) is 0 Å². The Kier molecular flexibility index (Phi) is 5.55. The number of amides is 1. The predicted octanol–water partition coefficient (Wildman–Crippen LogP) is 4.30. The molecule has 0 saturated carbocycles. The smallest absolute Gasteiger partial charge is 0.262 e. The number of carbonyl (C=O) groups is 1. The van der Waals surface area contributed by atoms with E-state index in [1.165, 1.54) is 18.2 Å². The summed E-state index contributed by atoms with van der Waals surface area (Å²) in [4.78, 5) is 11.5. The summed E-state index contributed by atoms with van der Waals surface area (Å²) in [5.41, 5.74) is -1.23. The van der Waals surface area contributed by atoms with Gasteiger partial charge in [0.05, 0.1) is 21.8 Å². The average molecular weight is 424 g/mol. The zero-order valence-corrected chi connectivity index (χ0v) is 15.2. The summed E-state index contributed by atoms with van der Waals surface area (Å²) in [6, 6.07) is 9.79. The molecule has 0 aliphatic rings. The number of hydrogen-bond donors (Lipinski definition) is 2. The maximum absolute atomic E-state index is 14.3. The van der Waals surface area contributed by atoms with Gasteiger partial charge in [-0.25, -0.2) is 26.0 Å². The fraction of sp³-hybridized carbons (Fsp3) is 0. The molecule has 0 fully saturated rings. The Bertz CT molecular complexity index is 1200. The van der Waals surface area contributed by atoms with Crippen molar-refractivity contribution in [3.8, 4) is 0 Å². The van der Waals surface area contributed by atoms with Crippen molar-refractivity contribution in [2.45, 2.75) is 4.90 Å². The average Bonchev–Trinajstić information content (AvgIpc) is 2.66. The van der Waals surface area contributed by atoms with Gasteiger partial charge in [0, 0.05) is 6.07 Å². The lowest BCUT2D eigenvalue weighted by atomic mass is 10.2. The summed E-state index contributed by atoms with van der Waals surface area (Å²) in [5.74, 6) is -4.90. The summed E-state index contributed by atoms with van der Waals surface area (Å²) < 4.78 is 81.0. The number of rotatable bonds is 5. The molecule has 3 aromatic rings. The lowest BCUT2D eigenvalue weighted by Gasteiger charge is -2.11. The molecule has 0 atom stereocenters. The molecule has 0 spiro atoms. The maximum Gasteiger partial charge on any atom is 0.262 e. The minimum Gasteiger partial charge on any atom is -0.319 e. The van der Waals surface area contributed by atoms with E-state index in [0.717, 1.165) is 30.3 Å². The van der Waals surface area contributed by atoms with Gasteiger partial charge in [-0.15, -0.1) is 0 Å². The van der Waals surface area contributed by atoms with E-state index in [4.69, 9.17) is 0 Å². The summed E-state index contributed by atoms with van der Waals surface area (Å²) in [7, 11) is -4.40. The van der Waals surface area contributed by atoms with Gasteiger partial charge in [0.15, 0.2) is 0 Å². The standard InChI is InChI=1S/C19H12F4N2O3S/c20-11-5-7-18(15(22)9-11)25-29(27,28)12-6-8-17(16(23)10-12)24-19(26)13-3-1-2-4-14(13)21/h1-10,25H,(H,24,26). The summed E-state index contributed by atoms with van der Waals surface area (Å²) in [6.07, 6.45) is 0. The summed E-state index contributed by atoms with van der Waals surface area (Å²) in [6.45, 7) is 0. The van der Waals surface area contributed by atoms with Crippen molar-refractivity contribution in [1.29, 1.82) is 0 Å². The van der Waals surface area contributed by atoms with Crippen LogP contribution in [0.2, 0.25) is 0 Å². The first-order valence-corrected chi connectivity index (χ1v) is 9.49. The Hall–Kier alpha value is -3.40. The predicted molar refractivity (Wildman–Crippen MR) is 97.9 cm³/mol. The van der Waals surface area contributed by atoms with E-state index in [1.54, 1.807) is 0 Å². The van der Waals surface area contributed by atoms with E-state index in [2.05, 4.69) is 5.32 Å². The van der Waals surface area contributed by atoms with Crippen molar-refractivity contribution < 1.29 is 30.8 Å². The van der Waals surface area contributed by atoms with E-state index in [1.807, 2.05) is 4.72 Å². The molecule has 0 heterocycles. The quantitative estimate of drug-likeness (QED) is 0.600. The van der Waals surface area contributed by atoms with E-state index < -0.39 is 49.8 Å². The Labute approximate surface area is 163 Å². The Morgan fingerprint density at radius 1 is 0.759 bits per heavy atom. The monoisotopic (exact) mass is 424 g/mol. The second-order valence-corrected chi connectivity index (χ2v) is 7.49. The highest BCUT2D eigenvalue weighted by Gasteiger charge is 2.20. The second-order valence-electron chi connectivity index (χ2n) is 5.81. The molecule has 0 unspecified atom stereocenters. The van der Waals surface area contributed by atoms with Gasteiger partial charge in [-0.3, -0.25) is 9.52 Å². The van der Waals surface area contributed by atoms with Gasteiger partial charge in [-0.2, -0.15) is 0 Å². The molecule has 0 aliphatic carbocycles. The van der Waals surface area contributed by atoms with Crippen molar-refractivity contribution in [3.05, 3.63) is 89.5 Å². The highest BCUT2D eigenvalue weighted by molar-refractivity contribution is 7.92. The molecule has 0 aliphatic heterocycles. The molecule has 1 amide bonds. The van der Waals surface area contributed by atoms with Crippen LogP contribution in [0, 0.1) is 23.3 Å². The lowest BCUT2D eigenvalue weighted by molar-refractivity contribution is 0.102. The van der Waals surface area contributed by atoms with E-state index >= 15 is 0 Å². The van der Waals surface area contributed by atoms with Crippen molar-refractivity contribution >= 4 is 27.3 Å². The van der Waals surface area contributed by atoms with E-state index in [0.29, 0.717) is 12.1 Å². The zero-order valence-electron chi connectivity index (χ0n) is 14.4. The molecule has 2 N–H and O–H groups in total. The van der Waals surface area contributed by atoms with Crippen LogP contribution in [-0.2, 0) is 10.0 Å². The first-order chi connectivity index (χ1) is 13.7.